The summed E-state index contributed by atoms with van der Waals surface area (Å²) in [6.45, 7) is 5.65. The molecule has 2 rings (SSSR count). The first-order chi connectivity index (χ1) is 16.1. The summed E-state index contributed by atoms with van der Waals surface area (Å²) in [5.41, 5.74) is 1.41. The second kappa shape index (κ2) is 12.9. The lowest BCUT2D eigenvalue weighted by atomic mass is 10.1. The molecule has 2 amide bonds. The lowest BCUT2D eigenvalue weighted by molar-refractivity contribution is -0.139. The lowest BCUT2D eigenvalue weighted by Crippen LogP contribution is -2.54. The van der Waals surface area contributed by atoms with Crippen molar-refractivity contribution in [3.63, 3.8) is 0 Å². The molecule has 0 unspecified atom stereocenters. The quantitative estimate of drug-likeness (QED) is 0.432. The van der Waals surface area contributed by atoms with Gasteiger partial charge in [-0.05, 0) is 49.9 Å². The number of amides is 2. The molecule has 2 atom stereocenters. The third-order valence-electron chi connectivity index (χ3n) is 5.65. The lowest BCUT2D eigenvalue weighted by Gasteiger charge is -2.33. The number of carbonyl (C=O) groups is 2. The molecule has 2 aromatic carbocycles. The number of hydrogen-bond acceptors (Lipinski definition) is 4. The first-order valence-electron chi connectivity index (χ1n) is 11.4. The van der Waals surface area contributed by atoms with Gasteiger partial charge in [0.25, 0.3) is 0 Å². The normalized spacial score (nSPS) is 13.1. The molecule has 0 aliphatic heterocycles. The van der Waals surface area contributed by atoms with Crippen molar-refractivity contribution in [3.05, 3.63) is 64.6 Å². The minimum atomic E-state index is -3.74. The molecule has 186 valence electrons. The molecule has 1 N–H and O–H groups in total. The zero-order chi connectivity index (χ0) is 25.3. The van der Waals surface area contributed by atoms with Crippen LogP contribution in [-0.2, 0) is 26.0 Å². The van der Waals surface area contributed by atoms with E-state index in [-0.39, 0.29) is 11.9 Å². The average Bonchev–Trinajstić information content (AvgIpc) is 2.79. The van der Waals surface area contributed by atoms with Crippen LogP contribution in [0.15, 0.2) is 59.1 Å². The molecule has 34 heavy (non-hydrogen) atoms. The van der Waals surface area contributed by atoms with Gasteiger partial charge in [0.2, 0.25) is 21.8 Å². The van der Waals surface area contributed by atoms with E-state index in [1.165, 1.54) is 4.90 Å². The predicted octanol–water partition coefficient (Wildman–Crippen LogP) is 3.98. The minimum absolute atomic E-state index is 0.0261. The van der Waals surface area contributed by atoms with Gasteiger partial charge in [0.05, 0.1) is 11.9 Å². The van der Waals surface area contributed by atoms with Crippen LogP contribution >= 0.6 is 15.9 Å². The summed E-state index contributed by atoms with van der Waals surface area (Å²) in [4.78, 5) is 28.1. The van der Waals surface area contributed by atoms with Gasteiger partial charge in [-0.15, -0.1) is 0 Å². The summed E-state index contributed by atoms with van der Waals surface area (Å²) in [5.74, 6) is -0.654. The Bertz CT molecular complexity index is 1060. The van der Waals surface area contributed by atoms with Crippen LogP contribution in [0.5, 0.6) is 0 Å². The van der Waals surface area contributed by atoms with Crippen LogP contribution in [0.2, 0.25) is 0 Å². The zero-order valence-electron chi connectivity index (χ0n) is 20.2. The van der Waals surface area contributed by atoms with Gasteiger partial charge in [0.1, 0.15) is 12.6 Å². The van der Waals surface area contributed by atoms with Crippen LogP contribution in [0.1, 0.15) is 39.2 Å². The van der Waals surface area contributed by atoms with Gasteiger partial charge >= 0.3 is 0 Å². The van der Waals surface area contributed by atoms with Crippen molar-refractivity contribution >= 4 is 43.5 Å². The predicted molar refractivity (Wildman–Crippen MR) is 140 cm³/mol. The maximum atomic E-state index is 13.6. The summed E-state index contributed by atoms with van der Waals surface area (Å²) < 4.78 is 27.0. The highest BCUT2D eigenvalue weighted by Crippen LogP contribution is 2.23. The smallest absolute Gasteiger partial charge is 0.244 e. The van der Waals surface area contributed by atoms with Crippen molar-refractivity contribution in [2.24, 2.45) is 0 Å². The van der Waals surface area contributed by atoms with Crippen LogP contribution in [0.25, 0.3) is 0 Å². The molecule has 9 heteroatoms. The molecule has 7 nitrogen and oxygen atoms in total. The molecule has 0 aromatic heterocycles. The van der Waals surface area contributed by atoms with Crippen LogP contribution in [0.3, 0.4) is 0 Å². The van der Waals surface area contributed by atoms with E-state index in [0.29, 0.717) is 29.5 Å². The molecule has 0 saturated carbocycles. The number of sulfonamides is 1. The van der Waals surface area contributed by atoms with Crippen LogP contribution in [0, 0.1) is 0 Å². The maximum Gasteiger partial charge on any atom is 0.244 e. The number of carbonyl (C=O) groups excluding carboxylic acids is 2. The molecule has 0 spiro atoms. The van der Waals surface area contributed by atoms with Crippen molar-refractivity contribution in [1.82, 2.24) is 10.2 Å². The molecule has 0 heterocycles. The van der Waals surface area contributed by atoms with Crippen molar-refractivity contribution in [3.8, 4) is 0 Å². The van der Waals surface area contributed by atoms with E-state index in [0.717, 1.165) is 22.5 Å². The molecule has 0 saturated heterocycles. The van der Waals surface area contributed by atoms with Crippen molar-refractivity contribution in [2.75, 3.05) is 23.7 Å². The first kappa shape index (κ1) is 27.9. The highest BCUT2D eigenvalue weighted by molar-refractivity contribution is 9.10. The topological polar surface area (TPSA) is 86.8 Å². The largest absolute Gasteiger partial charge is 0.352 e. The van der Waals surface area contributed by atoms with E-state index in [1.54, 1.807) is 24.3 Å². The van der Waals surface area contributed by atoms with Crippen molar-refractivity contribution in [1.29, 1.82) is 0 Å². The van der Waals surface area contributed by atoms with E-state index < -0.39 is 28.5 Å². The Labute approximate surface area is 211 Å². The molecule has 0 radical (unpaired) electrons. The Kier molecular flexibility index (Phi) is 10.6. The van der Waals surface area contributed by atoms with Gasteiger partial charge in [-0.1, -0.05) is 66.2 Å². The number of hydrogen-bond donors (Lipinski definition) is 1. The van der Waals surface area contributed by atoms with E-state index >= 15 is 0 Å². The number of nitrogens with zero attached hydrogens (tertiary/aromatic N) is 2. The standard InChI is InChI=1S/C25H34BrN3O4S/c1-5-19(3)27-25(31)23(6-2)28(16-15-20-11-8-7-9-12-20)24(30)18-29(34(4,32)33)22-14-10-13-21(26)17-22/h7-14,17,19,23H,5-6,15-16,18H2,1-4H3,(H,27,31)/t19-,23-/m1/s1. The summed E-state index contributed by atoms with van der Waals surface area (Å²) in [7, 11) is -3.74. The Hall–Kier alpha value is -2.39. The van der Waals surface area contributed by atoms with Crippen LogP contribution < -0.4 is 9.62 Å². The highest BCUT2D eigenvalue weighted by Gasteiger charge is 2.31. The van der Waals surface area contributed by atoms with Crippen molar-refractivity contribution < 1.29 is 18.0 Å². The van der Waals surface area contributed by atoms with Gasteiger partial charge in [-0.25, -0.2) is 8.42 Å². The maximum absolute atomic E-state index is 13.6. The molecular formula is C25H34BrN3O4S. The number of anilines is 1. The van der Waals surface area contributed by atoms with E-state index in [2.05, 4.69) is 21.2 Å². The third-order valence-corrected chi connectivity index (χ3v) is 7.28. The van der Waals surface area contributed by atoms with E-state index in [9.17, 15) is 18.0 Å². The zero-order valence-corrected chi connectivity index (χ0v) is 22.6. The summed E-state index contributed by atoms with van der Waals surface area (Å²) in [5, 5.41) is 2.97. The SMILES string of the molecule is CC[C@@H](C)NC(=O)[C@@H](CC)N(CCc1ccccc1)C(=O)CN(c1cccc(Br)c1)S(C)(=O)=O. The fraction of sp³-hybridized carbons (Fsp3) is 0.440. The fourth-order valence-electron chi connectivity index (χ4n) is 3.58. The van der Waals surface area contributed by atoms with E-state index in [4.69, 9.17) is 0 Å². The minimum Gasteiger partial charge on any atom is -0.352 e. The molecule has 2 aromatic rings. The highest BCUT2D eigenvalue weighted by atomic mass is 79.9. The molecule has 0 bridgehead atoms. The third kappa shape index (κ3) is 8.13. The van der Waals surface area contributed by atoms with Gasteiger partial charge in [0.15, 0.2) is 0 Å². The number of nitrogens with one attached hydrogen (secondary N) is 1. The summed E-state index contributed by atoms with van der Waals surface area (Å²) >= 11 is 3.36. The Balaban J connectivity index is 2.36. The van der Waals surface area contributed by atoms with Crippen LogP contribution in [0.4, 0.5) is 5.69 Å². The summed E-state index contributed by atoms with van der Waals surface area (Å²) in [6, 6.07) is 15.8. The van der Waals surface area contributed by atoms with Gasteiger partial charge in [-0.3, -0.25) is 13.9 Å². The van der Waals surface area contributed by atoms with Gasteiger partial charge in [0, 0.05) is 17.1 Å². The van der Waals surface area contributed by atoms with Gasteiger partial charge < -0.3 is 10.2 Å². The number of benzene rings is 2. The number of halogens is 1. The van der Waals surface area contributed by atoms with E-state index in [1.807, 2.05) is 51.1 Å². The van der Waals surface area contributed by atoms with Gasteiger partial charge in [-0.2, -0.15) is 0 Å². The Morgan fingerprint density at radius 3 is 2.26 bits per heavy atom. The second-order valence-electron chi connectivity index (χ2n) is 8.31. The Morgan fingerprint density at radius 2 is 1.71 bits per heavy atom. The van der Waals surface area contributed by atoms with Crippen molar-refractivity contribution in [2.45, 2.75) is 52.1 Å². The molecular weight excluding hydrogens is 518 g/mol. The summed E-state index contributed by atoms with van der Waals surface area (Å²) in [6.07, 6.45) is 2.81. The number of rotatable bonds is 12. The van der Waals surface area contributed by atoms with Crippen LogP contribution in [-0.4, -0.2) is 56.6 Å². The average molecular weight is 553 g/mol. The Morgan fingerprint density at radius 1 is 1.03 bits per heavy atom. The monoisotopic (exact) mass is 551 g/mol. The molecule has 0 aliphatic rings. The molecule has 0 fully saturated rings. The molecule has 0 aliphatic carbocycles. The first-order valence-corrected chi connectivity index (χ1v) is 14.1. The fourth-order valence-corrected chi connectivity index (χ4v) is 4.81. The second-order valence-corrected chi connectivity index (χ2v) is 11.1.